The molecular formula is C25H21N3O2. The summed E-state index contributed by atoms with van der Waals surface area (Å²) in [4.78, 5) is 12.7. The molecule has 1 aromatic heterocycles. The minimum atomic E-state index is -0.155. The van der Waals surface area contributed by atoms with Crippen LogP contribution in [-0.4, -0.2) is 22.8 Å². The number of hydrogen-bond acceptors (Lipinski definition) is 3. The Morgan fingerprint density at radius 1 is 0.933 bits per heavy atom. The van der Waals surface area contributed by atoms with Crippen molar-refractivity contribution >= 4 is 11.7 Å². The van der Waals surface area contributed by atoms with Crippen LogP contribution in [0.2, 0.25) is 0 Å². The Hall–Kier alpha value is -3.86. The summed E-state index contributed by atoms with van der Waals surface area (Å²) in [7, 11) is 1.66. The van der Waals surface area contributed by atoms with Crippen molar-refractivity contribution < 1.29 is 9.53 Å². The van der Waals surface area contributed by atoms with Gasteiger partial charge in [0.25, 0.3) is 0 Å². The summed E-state index contributed by atoms with van der Waals surface area (Å²) in [6.45, 7) is 0. The molecular weight excluding hydrogens is 374 g/mol. The number of ether oxygens (including phenoxy) is 1. The summed E-state index contributed by atoms with van der Waals surface area (Å²) in [6.07, 6.45) is 0.341. The van der Waals surface area contributed by atoms with Crippen molar-refractivity contribution in [2.24, 2.45) is 0 Å². The third-order valence-corrected chi connectivity index (χ3v) is 5.48. The van der Waals surface area contributed by atoms with Crippen molar-refractivity contribution in [3.8, 4) is 22.7 Å². The van der Waals surface area contributed by atoms with Crippen LogP contribution in [0.5, 0.6) is 5.75 Å². The van der Waals surface area contributed by atoms with Crippen LogP contribution in [0.25, 0.3) is 16.9 Å². The predicted molar refractivity (Wildman–Crippen MR) is 117 cm³/mol. The number of para-hydroxylation sites is 2. The second-order valence-corrected chi connectivity index (χ2v) is 7.27. The van der Waals surface area contributed by atoms with E-state index in [4.69, 9.17) is 9.84 Å². The molecule has 148 valence electrons. The Morgan fingerprint density at radius 3 is 2.33 bits per heavy atom. The normalized spacial score (nSPS) is 15.4. The highest BCUT2D eigenvalue weighted by Gasteiger charge is 2.35. The highest BCUT2D eigenvalue weighted by atomic mass is 16.5. The molecule has 30 heavy (non-hydrogen) atoms. The van der Waals surface area contributed by atoms with Crippen molar-refractivity contribution in [3.63, 3.8) is 0 Å². The minimum absolute atomic E-state index is 0.0323. The molecule has 1 amide bonds. The Balaban J connectivity index is 1.79. The van der Waals surface area contributed by atoms with Crippen molar-refractivity contribution in [3.05, 3.63) is 96.1 Å². The number of carbonyl (C=O) groups is 1. The molecule has 1 aliphatic rings. The molecule has 5 rings (SSSR count). The number of nitrogens with one attached hydrogen (secondary N) is 1. The summed E-state index contributed by atoms with van der Waals surface area (Å²) < 4.78 is 7.46. The average molecular weight is 395 g/mol. The fraction of sp³-hybridized carbons (Fsp3) is 0.120. The number of aromatic nitrogens is 2. The fourth-order valence-electron chi connectivity index (χ4n) is 4.14. The van der Waals surface area contributed by atoms with E-state index in [0.717, 1.165) is 33.8 Å². The van der Waals surface area contributed by atoms with Gasteiger partial charge >= 0.3 is 0 Å². The number of amides is 1. The lowest BCUT2D eigenvalue weighted by Gasteiger charge is -2.26. The number of nitrogens with zero attached hydrogens (tertiary/aromatic N) is 2. The van der Waals surface area contributed by atoms with Gasteiger partial charge in [-0.15, -0.1) is 0 Å². The van der Waals surface area contributed by atoms with E-state index in [-0.39, 0.29) is 11.8 Å². The van der Waals surface area contributed by atoms with Crippen LogP contribution in [0.4, 0.5) is 5.82 Å². The van der Waals surface area contributed by atoms with Crippen molar-refractivity contribution in [1.82, 2.24) is 9.78 Å². The zero-order valence-electron chi connectivity index (χ0n) is 16.6. The van der Waals surface area contributed by atoms with Crippen LogP contribution in [-0.2, 0) is 4.79 Å². The molecule has 1 unspecified atom stereocenters. The van der Waals surface area contributed by atoms with E-state index < -0.39 is 0 Å². The number of benzene rings is 3. The van der Waals surface area contributed by atoms with Gasteiger partial charge < -0.3 is 10.1 Å². The van der Waals surface area contributed by atoms with Crippen molar-refractivity contribution in [2.75, 3.05) is 12.4 Å². The lowest BCUT2D eigenvalue weighted by molar-refractivity contribution is -0.116. The van der Waals surface area contributed by atoms with E-state index in [1.807, 2.05) is 89.6 Å². The third kappa shape index (κ3) is 3.05. The van der Waals surface area contributed by atoms with Gasteiger partial charge in [0.15, 0.2) is 0 Å². The largest absolute Gasteiger partial charge is 0.496 e. The summed E-state index contributed by atoms with van der Waals surface area (Å²) in [5.74, 6) is 1.30. The summed E-state index contributed by atoms with van der Waals surface area (Å²) >= 11 is 0. The Morgan fingerprint density at radius 2 is 1.60 bits per heavy atom. The molecule has 4 aromatic rings. The standard InChI is InChI=1S/C25H21N3O2/c1-30-21-15-9-8-14-19(21)20-16-22(29)26-25-23(20)24(17-10-4-2-5-11-17)27-28(25)18-12-6-3-7-13-18/h2-15,20H,16H2,1H3,(H,26,29). The SMILES string of the molecule is COc1ccccc1C1CC(=O)Nc2c1c(-c1ccccc1)nn2-c1ccccc1. The molecule has 0 saturated heterocycles. The number of fused-ring (bicyclic) bond motifs is 1. The average Bonchev–Trinajstić information content (AvgIpc) is 3.19. The smallest absolute Gasteiger partial charge is 0.226 e. The quantitative estimate of drug-likeness (QED) is 0.528. The van der Waals surface area contributed by atoms with Crippen LogP contribution < -0.4 is 10.1 Å². The first kappa shape index (κ1) is 18.2. The topological polar surface area (TPSA) is 56.1 Å². The van der Waals surface area contributed by atoms with Crippen molar-refractivity contribution in [1.29, 1.82) is 0 Å². The second kappa shape index (κ2) is 7.52. The summed E-state index contributed by atoms with van der Waals surface area (Å²) in [5, 5.41) is 8.03. The van der Waals surface area contributed by atoms with Gasteiger partial charge in [0, 0.05) is 29.0 Å². The fourth-order valence-corrected chi connectivity index (χ4v) is 4.14. The van der Waals surface area contributed by atoms with Gasteiger partial charge in [-0.1, -0.05) is 66.7 Å². The molecule has 0 saturated carbocycles. The minimum Gasteiger partial charge on any atom is -0.496 e. The number of rotatable bonds is 4. The highest BCUT2D eigenvalue weighted by molar-refractivity contribution is 5.96. The van der Waals surface area contributed by atoms with Gasteiger partial charge in [-0.05, 0) is 18.2 Å². The second-order valence-electron chi connectivity index (χ2n) is 7.27. The number of carbonyl (C=O) groups excluding carboxylic acids is 1. The zero-order chi connectivity index (χ0) is 20.5. The maximum absolute atomic E-state index is 12.7. The molecule has 2 heterocycles. The van der Waals surface area contributed by atoms with E-state index in [0.29, 0.717) is 12.2 Å². The molecule has 5 heteroatoms. The third-order valence-electron chi connectivity index (χ3n) is 5.48. The monoisotopic (exact) mass is 395 g/mol. The van der Waals surface area contributed by atoms with Crippen LogP contribution in [0, 0.1) is 0 Å². The van der Waals surface area contributed by atoms with Gasteiger partial charge in [-0.3, -0.25) is 4.79 Å². The van der Waals surface area contributed by atoms with Crippen molar-refractivity contribution in [2.45, 2.75) is 12.3 Å². The zero-order valence-corrected chi connectivity index (χ0v) is 16.6. The molecule has 1 atom stereocenters. The molecule has 0 bridgehead atoms. The van der Waals surface area contributed by atoms with Gasteiger partial charge in [-0.2, -0.15) is 5.10 Å². The Bertz CT molecular complexity index is 1200. The van der Waals surface area contributed by atoms with Gasteiger partial charge in [0.2, 0.25) is 5.91 Å². The van der Waals surface area contributed by atoms with E-state index in [1.165, 1.54) is 0 Å². The predicted octanol–water partition coefficient (Wildman–Crippen LogP) is 5.02. The lowest BCUT2D eigenvalue weighted by Crippen LogP contribution is -2.25. The Kier molecular flexibility index (Phi) is 4.56. The van der Waals surface area contributed by atoms with Crippen LogP contribution in [0.3, 0.4) is 0 Å². The van der Waals surface area contributed by atoms with E-state index >= 15 is 0 Å². The number of methoxy groups -OCH3 is 1. The first-order chi connectivity index (χ1) is 14.8. The van der Waals surface area contributed by atoms with Gasteiger partial charge in [0.1, 0.15) is 11.6 Å². The first-order valence-electron chi connectivity index (χ1n) is 9.93. The van der Waals surface area contributed by atoms with Gasteiger partial charge in [0.05, 0.1) is 18.5 Å². The molecule has 0 radical (unpaired) electrons. The van der Waals surface area contributed by atoms with Crippen LogP contribution in [0.1, 0.15) is 23.5 Å². The number of anilines is 1. The van der Waals surface area contributed by atoms with Gasteiger partial charge in [-0.25, -0.2) is 4.68 Å². The Labute approximate surface area is 174 Å². The molecule has 3 aromatic carbocycles. The van der Waals surface area contributed by atoms with E-state index in [1.54, 1.807) is 7.11 Å². The van der Waals surface area contributed by atoms with E-state index in [9.17, 15) is 4.79 Å². The first-order valence-corrected chi connectivity index (χ1v) is 9.93. The lowest BCUT2D eigenvalue weighted by atomic mass is 9.84. The van der Waals surface area contributed by atoms with Crippen LogP contribution >= 0.6 is 0 Å². The molecule has 0 aliphatic carbocycles. The molecule has 5 nitrogen and oxygen atoms in total. The molecule has 0 spiro atoms. The number of hydrogen-bond donors (Lipinski definition) is 1. The molecule has 0 fully saturated rings. The maximum Gasteiger partial charge on any atom is 0.226 e. The summed E-state index contributed by atoms with van der Waals surface area (Å²) in [6, 6.07) is 27.9. The summed E-state index contributed by atoms with van der Waals surface area (Å²) in [5.41, 5.74) is 4.77. The molecule has 1 aliphatic heterocycles. The van der Waals surface area contributed by atoms with Crippen LogP contribution in [0.15, 0.2) is 84.9 Å². The van der Waals surface area contributed by atoms with E-state index in [2.05, 4.69) is 5.32 Å². The molecule has 1 N–H and O–H groups in total. The highest BCUT2D eigenvalue weighted by Crippen LogP contribution is 2.45. The maximum atomic E-state index is 12.7.